The van der Waals surface area contributed by atoms with Gasteiger partial charge in [0.05, 0.1) is 0 Å². The van der Waals surface area contributed by atoms with Crippen molar-refractivity contribution < 1.29 is 9.59 Å². The van der Waals surface area contributed by atoms with Crippen molar-refractivity contribution in [3.05, 3.63) is 29.8 Å². The minimum absolute atomic E-state index is 0.237. The number of carbonyl (C=O) groups is 2. The van der Waals surface area contributed by atoms with E-state index in [2.05, 4.69) is 38.1 Å². The Kier molecular flexibility index (Phi) is 3.97. The van der Waals surface area contributed by atoms with Crippen LogP contribution >= 0.6 is 0 Å². The first kappa shape index (κ1) is 14.8. The molecular weight excluding hydrogens is 339 g/mol. The van der Waals surface area contributed by atoms with E-state index in [0.29, 0.717) is 3.67 Å². The predicted octanol–water partition coefficient (Wildman–Crippen LogP) is 2.52. The van der Waals surface area contributed by atoms with Crippen LogP contribution in [0.25, 0.3) is 0 Å². The molecule has 1 aromatic rings. The van der Waals surface area contributed by atoms with E-state index in [1.54, 1.807) is 0 Å². The van der Waals surface area contributed by atoms with Crippen LogP contribution in [0.15, 0.2) is 24.3 Å². The summed E-state index contributed by atoms with van der Waals surface area (Å²) in [6, 6.07) is 8.50. The SMILES string of the molecule is CC(C)(C=O)[CH]1Cc2cccc[c]2[In]1[C](C)(C)C=O. The van der Waals surface area contributed by atoms with Gasteiger partial charge in [0.15, 0.2) is 0 Å². The molecule has 3 heteroatoms. The summed E-state index contributed by atoms with van der Waals surface area (Å²) < 4.78 is 1.60. The van der Waals surface area contributed by atoms with Gasteiger partial charge in [-0.2, -0.15) is 0 Å². The zero-order valence-electron chi connectivity index (χ0n) is 12.1. The number of hydrogen-bond donors (Lipinski definition) is 0. The molecule has 1 atom stereocenters. The van der Waals surface area contributed by atoms with Gasteiger partial charge in [-0.05, 0) is 0 Å². The Morgan fingerprint density at radius 2 is 1.74 bits per heavy atom. The third-order valence-electron chi connectivity index (χ3n) is 4.60. The molecule has 0 radical (unpaired) electrons. The molecule has 1 aliphatic heterocycles. The summed E-state index contributed by atoms with van der Waals surface area (Å²) >= 11 is -2.39. The van der Waals surface area contributed by atoms with E-state index in [4.69, 9.17) is 0 Å². The Morgan fingerprint density at radius 3 is 2.32 bits per heavy atom. The van der Waals surface area contributed by atoms with E-state index in [0.717, 1.165) is 19.0 Å². The summed E-state index contributed by atoms with van der Waals surface area (Å²) in [6.07, 6.45) is 3.19. The maximum atomic E-state index is 11.5. The van der Waals surface area contributed by atoms with E-state index in [1.807, 2.05) is 13.8 Å². The number of rotatable bonds is 4. The topological polar surface area (TPSA) is 34.1 Å². The fourth-order valence-electron chi connectivity index (χ4n) is 3.37. The Bertz CT molecular complexity index is 505. The summed E-state index contributed by atoms with van der Waals surface area (Å²) in [5, 5.41) is 0. The first-order valence-electron chi connectivity index (χ1n) is 6.84. The van der Waals surface area contributed by atoms with Gasteiger partial charge in [0.25, 0.3) is 0 Å². The zero-order chi connectivity index (χ0) is 14.3. The molecule has 1 aromatic carbocycles. The number of benzene rings is 1. The van der Waals surface area contributed by atoms with Gasteiger partial charge in [0.1, 0.15) is 0 Å². The second kappa shape index (κ2) is 5.08. The molecule has 0 spiro atoms. The van der Waals surface area contributed by atoms with Crippen molar-refractivity contribution in [3.63, 3.8) is 0 Å². The molecule has 0 aliphatic carbocycles. The molecule has 0 bridgehead atoms. The normalized spacial score (nSPS) is 19.2. The van der Waals surface area contributed by atoms with Crippen molar-refractivity contribution in [3.8, 4) is 0 Å². The van der Waals surface area contributed by atoms with Crippen LogP contribution < -0.4 is 3.32 Å². The molecule has 0 aromatic heterocycles. The number of carbonyl (C=O) groups excluding carboxylic acids is 2. The monoisotopic (exact) mass is 360 g/mol. The van der Waals surface area contributed by atoms with Crippen LogP contribution in [0, 0.1) is 5.41 Å². The Hall–Kier alpha value is -0.570. The van der Waals surface area contributed by atoms with Crippen molar-refractivity contribution in [1.82, 2.24) is 0 Å². The van der Waals surface area contributed by atoms with Crippen LogP contribution in [0.4, 0.5) is 0 Å². The van der Waals surface area contributed by atoms with E-state index in [1.165, 1.54) is 8.88 Å². The van der Waals surface area contributed by atoms with E-state index in [-0.39, 0.29) is 8.59 Å². The molecule has 2 nitrogen and oxygen atoms in total. The predicted molar refractivity (Wildman–Crippen MR) is 79.2 cm³/mol. The Balaban J connectivity index is 2.54. The Labute approximate surface area is 123 Å². The molecule has 100 valence electrons. The zero-order valence-corrected chi connectivity index (χ0v) is 15.4. The fourth-order valence-corrected chi connectivity index (χ4v) is 17.0. The van der Waals surface area contributed by atoms with Crippen LogP contribution in [0.2, 0.25) is 6.85 Å². The fraction of sp³-hybridized carbons (Fsp3) is 0.500. The number of hydrogen-bond acceptors (Lipinski definition) is 2. The van der Waals surface area contributed by atoms with Crippen LogP contribution in [0.5, 0.6) is 0 Å². The van der Waals surface area contributed by atoms with E-state index in [9.17, 15) is 9.59 Å². The second-order valence-corrected chi connectivity index (χ2v) is 17.9. The minimum atomic E-state index is -2.39. The average molecular weight is 360 g/mol. The van der Waals surface area contributed by atoms with Gasteiger partial charge < -0.3 is 0 Å². The molecule has 1 aliphatic rings. The maximum absolute atomic E-state index is 11.5. The second-order valence-electron chi connectivity index (χ2n) is 6.87. The third-order valence-corrected chi connectivity index (χ3v) is 18.5. The summed E-state index contributed by atoms with van der Waals surface area (Å²) in [5.74, 6) is 0. The first-order chi connectivity index (χ1) is 8.83. The number of fused-ring (bicyclic) bond motifs is 1. The average Bonchev–Trinajstić information content (AvgIpc) is 2.79. The van der Waals surface area contributed by atoms with Gasteiger partial charge in [0, 0.05) is 0 Å². The van der Waals surface area contributed by atoms with Crippen LogP contribution in [0.3, 0.4) is 0 Å². The van der Waals surface area contributed by atoms with Gasteiger partial charge >= 0.3 is 123 Å². The van der Waals surface area contributed by atoms with Crippen LogP contribution in [-0.2, 0) is 16.0 Å². The van der Waals surface area contributed by atoms with Gasteiger partial charge in [-0.3, -0.25) is 0 Å². The summed E-state index contributed by atoms with van der Waals surface area (Å²) in [4.78, 5) is 23.0. The summed E-state index contributed by atoms with van der Waals surface area (Å²) in [5.41, 5.74) is 1.05. The van der Waals surface area contributed by atoms with Crippen molar-refractivity contribution in [2.45, 2.75) is 41.0 Å². The van der Waals surface area contributed by atoms with Crippen molar-refractivity contribution >= 4 is 37.3 Å². The van der Waals surface area contributed by atoms with Crippen molar-refractivity contribution in [2.75, 3.05) is 0 Å². The van der Waals surface area contributed by atoms with Gasteiger partial charge in [0.2, 0.25) is 0 Å². The molecule has 2 rings (SSSR count). The van der Waals surface area contributed by atoms with Crippen molar-refractivity contribution in [1.29, 1.82) is 0 Å². The van der Waals surface area contributed by atoms with Crippen molar-refractivity contribution in [2.24, 2.45) is 5.41 Å². The third kappa shape index (κ3) is 2.54. The molecule has 0 amide bonds. The Morgan fingerprint density at radius 1 is 1.11 bits per heavy atom. The van der Waals surface area contributed by atoms with Crippen LogP contribution in [0.1, 0.15) is 33.3 Å². The molecule has 0 N–H and O–H groups in total. The molecule has 1 unspecified atom stereocenters. The van der Waals surface area contributed by atoms with E-state index >= 15 is 0 Å². The van der Waals surface area contributed by atoms with Gasteiger partial charge in [-0.25, -0.2) is 0 Å². The summed E-state index contributed by atoms with van der Waals surface area (Å²) in [7, 11) is 0. The molecule has 0 fully saturated rings. The molecule has 0 saturated heterocycles. The molecule has 1 heterocycles. The summed E-state index contributed by atoms with van der Waals surface area (Å²) in [6.45, 7) is 8.19. The molecule has 19 heavy (non-hydrogen) atoms. The standard InChI is InChI=1S/C12H14O.C4H7O.In/c1-12(2,10-13)9-8-11-6-4-3-5-7-11;1-4(2)3-5;/h3-6,9-10H,8H2,1-2H3;3H,1-2H3;. The number of aldehydes is 2. The van der Waals surface area contributed by atoms with Gasteiger partial charge in [-0.1, -0.05) is 0 Å². The molecule has 0 saturated carbocycles. The molecular formula is C16H21InO2. The van der Waals surface area contributed by atoms with Crippen LogP contribution in [-0.4, -0.2) is 34.0 Å². The van der Waals surface area contributed by atoms with Gasteiger partial charge in [-0.15, -0.1) is 0 Å². The van der Waals surface area contributed by atoms with E-state index < -0.39 is 21.4 Å². The first-order valence-corrected chi connectivity index (χ1v) is 12.0. The quantitative estimate of drug-likeness (QED) is 0.774.